The minimum absolute atomic E-state index is 0.192. The molecule has 0 amide bonds. The van der Waals surface area contributed by atoms with Crippen molar-refractivity contribution in [2.45, 2.75) is 13.0 Å². The monoisotopic (exact) mass is 245 g/mol. The first-order chi connectivity index (χ1) is 8.25. The highest BCUT2D eigenvalue weighted by atomic mass is 32.1. The number of benzene rings is 1. The molecule has 0 spiro atoms. The second-order valence-electron chi connectivity index (χ2n) is 3.88. The van der Waals surface area contributed by atoms with Gasteiger partial charge < -0.3 is 5.73 Å². The Balaban J connectivity index is 2.16. The number of aromatic nitrogens is 4. The molecule has 0 saturated heterocycles. The summed E-state index contributed by atoms with van der Waals surface area (Å²) >= 11 is 1.72. The standard InChI is InChI=1S/C11H11N5S/c1-7(12)11-13-14-15-16(11)9-2-3-10-8(6-9)4-5-17-10/h2-7H,12H2,1H3. The van der Waals surface area contributed by atoms with Gasteiger partial charge in [-0.2, -0.15) is 4.68 Å². The molecule has 2 N–H and O–H groups in total. The highest BCUT2D eigenvalue weighted by Gasteiger charge is 2.12. The molecule has 6 heteroatoms. The lowest BCUT2D eigenvalue weighted by Crippen LogP contribution is -2.13. The molecule has 3 rings (SSSR count). The number of hydrogen-bond donors (Lipinski definition) is 1. The maximum Gasteiger partial charge on any atom is 0.173 e. The fraction of sp³-hybridized carbons (Fsp3) is 0.182. The van der Waals surface area contributed by atoms with E-state index >= 15 is 0 Å². The van der Waals surface area contributed by atoms with Crippen LogP contribution in [0.4, 0.5) is 0 Å². The number of rotatable bonds is 2. The smallest absolute Gasteiger partial charge is 0.173 e. The molecule has 2 heterocycles. The quantitative estimate of drug-likeness (QED) is 0.748. The number of nitrogens with zero attached hydrogens (tertiary/aromatic N) is 4. The summed E-state index contributed by atoms with van der Waals surface area (Å²) in [6.07, 6.45) is 0. The SMILES string of the molecule is CC(N)c1nnnn1-c1ccc2sccc2c1. The number of thiophene rings is 1. The minimum Gasteiger partial charge on any atom is -0.321 e. The van der Waals surface area contributed by atoms with Crippen molar-refractivity contribution in [1.29, 1.82) is 0 Å². The molecule has 0 fully saturated rings. The van der Waals surface area contributed by atoms with E-state index in [1.807, 2.05) is 13.0 Å². The predicted molar refractivity (Wildman–Crippen MR) is 67.1 cm³/mol. The van der Waals surface area contributed by atoms with Crippen molar-refractivity contribution in [3.8, 4) is 5.69 Å². The Morgan fingerprint density at radius 3 is 3.06 bits per heavy atom. The van der Waals surface area contributed by atoms with Gasteiger partial charge in [0, 0.05) is 4.70 Å². The maximum atomic E-state index is 5.83. The molecule has 0 bridgehead atoms. The van der Waals surface area contributed by atoms with Gasteiger partial charge in [-0.25, -0.2) is 0 Å². The van der Waals surface area contributed by atoms with Gasteiger partial charge in [0.05, 0.1) is 11.7 Å². The van der Waals surface area contributed by atoms with E-state index in [2.05, 4.69) is 39.1 Å². The molecule has 3 aromatic rings. The summed E-state index contributed by atoms with van der Waals surface area (Å²) in [5.74, 6) is 0.666. The lowest BCUT2D eigenvalue weighted by Gasteiger charge is -2.06. The van der Waals surface area contributed by atoms with Crippen LogP contribution in [0.1, 0.15) is 18.8 Å². The Labute approximate surface area is 102 Å². The number of nitrogens with two attached hydrogens (primary N) is 1. The second-order valence-corrected chi connectivity index (χ2v) is 4.83. The summed E-state index contributed by atoms with van der Waals surface area (Å²) in [7, 11) is 0. The third-order valence-electron chi connectivity index (χ3n) is 2.58. The first kappa shape index (κ1) is 10.4. The second kappa shape index (κ2) is 3.90. The van der Waals surface area contributed by atoms with Crippen LogP contribution in [-0.2, 0) is 0 Å². The molecule has 86 valence electrons. The van der Waals surface area contributed by atoms with E-state index in [9.17, 15) is 0 Å². The Morgan fingerprint density at radius 2 is 2.24 bits per heavy atom. The molecular weight excluding hydrogens is 234 g/mol. The van der Waals surface area contributed by atoms with Crippen molar-refractivity contribution in [3.05, 3.63) is 35.5 Å². The van der Waals surface area contributed by atoms with E-state index in [-0.39, 0.29) is 6.04 Å². The molecule has 5 nitrogen and oxygen atoms in total. The molecule has 17 heavy (non-hydrogen) atoms. The molecule has 1 aromatic carbocycles. The number of fused-ring (bicyclic) bond motifs is 1. The van der Waals surface area contributed by atoms with E-state index < -0.39 is 0 Å². The summed E-state index contributed by atoms with van der Waals surface area (Å²) in [6.45, 7) is 1.87. The van der Waals surface area contributed by atoms with Gasteiger partial charge in [0.25, 0.3) is 0 Å². The third kappa shape index (κ3) is 1.71. The number of hydrogen-bond acceptors (Lipinski definition) is 5. The highest BCUT2D eigenvalue weighted by Crippen LogP contribution is 2.23. The summed E-state index contributed by atoms with van der Waals surface area (Å²) in [4.78, 5) is 0. The maximum absolute atomic E-state index is 5.83. The zero-order valence-electron chi connectivity index (χ0n) is 9.24. The van der Waals surface area contributed by atoms with Crippen LogP contribution in [-0.4, -0.2) is 20.2 Å². The van der Waals surface area contributed by atoms with Crippen LogP contribution in [0.15, 0.2) is 29.6 Å². The zero-order chi connectivity index (χ0) is 11.8. The van der Waals surface area contributed by atoms with Gasteiger partial charge in [-0.05, 0) is 52.4 Å². The molecule has 2 aromatic heterocycles. The van der Waals surface area contributed by atoms with Crippen molar-refractivity contribution in [2.75, 3.05) is 0 Å². The van der Waals surface area contributed by atoms with Gasteiger partial charge in [-0.1, -0.05) is 0 Å². The summed E-state index contributed by atoms with van der Waals surface area (Å²) in [5, 5.41) is 14.9. The number of tetrazole rings is 1. The molecule has 1 unspecified atom stereocenters. The largest absolute Gasteiger partial charge is 0.321 e. The highest BCUT2D eigenvalue weighted by molar-refractivity contribution is 7.17. The van der Waals surface area contributed by atoms with E-state index in [1.165, 1.54) is 10.1 Å². The van der Waals surface area contributed by atoms with Gasteiger partial charge in [-0.3, -0.25) is 0 Å². The molecule has 0 radical (unpaired) electrons. The Bertz CT molecular complexity index is 654. The van der Waals surface area contributed by atoms with Crippen LogP contribution in [0.2, 0.25) is 0 Å². The summed E-state index contributed by atoms with van der Waals surface area (Å²) < 4.78 is 2.94. The van der Waals surface area contributed by atoms with Crippen LogP contribution < -0.4 is 5.73 Å². The van der Waals surface area contributed by atoms with Crippen molar-refractivity contribution < 1.29 is 0 Å². The van der Waals surface area contributed by atoms with Crippen molar-refractivity contribution >= 4 is 21.4 Å². The van der Waals surface area contributed by atoms with Gasteiger partial charge in [-0.15, -0.1) is 16.4 Å². The summed E-state index contributed by atoms with van der Waals surface area (Å²) in [5.41, 5.74) is 6.77. The Morgan fingerprint density at radius 1 is 1.35 bits per heavy atom. The molecule has 0 aliphatic carbocycles. The van der Waals surface area contributed by atoms with E-state index in [0.717, 1.165) is 5.69 Å². The average molecular weight is 245 g/mol. The molecule has 0 aliphatic heterocycles. The van der Waals surface area contributed by atoms with Crippen molar-refractivity contribution in [2.24, 2.45) is 5.73 Å². The Hall–Kier alpha value is -1.79. The van der Waals surface area contributed by atoms with Crippen LogP contribution in [0.3, 0.4) is 0 Å². The lowest BCUT2D eigenvalue weighted by atomic mass is 10.2. The molecule has 1 atom stereocenters. The zero-order valence-corrected chi connectivity index (χ0v) is 10.1. The fourth-order valence-electron chi connectivity index (χ4n) is 1.75. The topological polar surface area (TPSA) is 69.6 Å². The lowest BCUT2D eigenvalue weighted by molar-refractivity contribution is 0.689. The normalized spacial score (nSPS) is 13.1. The van der Waals surface area contributed by atoms with Crippen molar-refractivity contribution in [1.82, 2.24) is 20.2 Å². The first-order valence-corrected chi connectivity index (χ1v) is 6.15. The van der Waals surface area contributed by atoms with Gasteiger partial charge >= 0.3 is 0 Å². The third-order valence-corrected chi connectivity index (χ3v) is 3.48. The molecule has 0 aliphatic rings. The first-order valence-electron chi connectivity index (χ1n) is 5.27. The average Bonchev–Trinajstić information content (AvgIpc) is 2.96. The van der Waals surface area contributed by atoms with Crippen LogP contribution in [0.25, 0.3) is 15.8 Å². The van der Waals surface area contributed by atoms with Crippen molar-refractivity contribution in [3.63, 3.8) is 0 Å². The van der Waals surface area contributed by atoms with E-state index in [1.54, 1.807) is 16.0 Å². The van der Waals surface area contributed by atoms with Gasteiger partial charge in [0.15, 0.2) is 5.82 Å². The summed E-state index contributed by atoms with van der Waals surface area (Å²) in [6, 6.07) is 8.03. The predicted octanol–water partition coefficient (Wildman–Crippen LogP) is 1.90. The molecule has 0 saturated carbocycles. The van der Waals surface area contributed by atoms with Crippen LogP contribution in [0, 0.1) is 0 Å². The Kier molecular flexibility index (Phi) is 2.38. The van der Waals surface area contributed by atoms with Gasteiger partial charge in [0.2, 0.25) is 0 Å². The molecular formula is C11H11N5S. The van der Waals surface area contributed by atoms with E-state index in [4.69, 9.17) is 5.73 Å². The van der Waals surface area contributed by atoms with Crippen LogP contribution in [0.5, 0.6) is 0 Å². The van der Waals surface area contributed by atoms with Crippen LogP contribution >= 0.6 is 11.3 Å². The minimum atomic E-state index is -0.192. The van der Waals surface area contributed by atoms with Gasteiger partial charge in [0.1, 0.15) is 0 Å². The van der Waals surface area contributed by atoms with E-state index in [0.29, 0.717) is 5.82 Å². The fourth-order valence-corrected chi connectivity index (χ4v) is 2.52.